The van der Waals surface area contributed by atoms with Gasteiger partial charge in [0.05, 0.1) is 4.47 Å². The van der Waals surface area contributed by atoms with E-state index in [0.29, 0.717) is 0 Å². The van der Waals surface area contributed by atoms with Crippen molar-refractivity contribution in [2.75, 3.05) is 19.7 Å². The van der Waals surface area contributed by atoms with Crippen molar-refractivity contribution >= 4 is 21.5 Å². The van der Waals surface area contributed by atoms with Crippen molar-refractivity contribution in [3.63, 3.8) is 0 Å². The lowest BCUT2D eigenvalue weighted by atomic mass is 9.99. The minimum Gasteiger partial charge on any atom is -0.489 e. The Morgan fingerprint density at radius 1 is 1.13 bits per heavy atom. The van der Waals surface area contributed by atoms with Crippen LogP contribution in [-0.4, -0.2) is 24.8 Å². The number of benzene rings is 2. The van der Waals surface area contributed by atoms with E-state index >= 15 is 0 Å². The van der Waals surface area contributed by atoms with E-state index in [0.717, 1.165) is 40.9 Å². The van der Waals surface area contributed by atoms with Crippen molar-refractivity contribution in [3.8, 4) is 5.75 Å². The summed E-state index contributed by atoms with van der Waals surface area (Å²) in [5.41, 5.74) is 3.25. The molecule has 1 heterocycles. The van der Waals surface area contributed by atoms with Crippen LogP contribution in [0.2, 0.25) is 0 Å². The molecule has 3 nitrogen and oxygen atoms in total. The zero-order chi connectivity index (χ0) is 16.1. The number of aliphatic hydroxyl groups excluding tert-OH is 1. The Balaban J connectivity index is 1.78. The summed E-state index contributed by atoms with van der Waals surface area (Å²) in [4.78, 5) is 0. The average Bonchev–Trinajstić information content (AvgIpc) is 2.62. The smallest absolute Gasteiger partial charge is 0.141 e. The van der Waals surface area contributed by atoms with Crippen molar-refractivity contribution in [1.82, 2.24) is 5.32 Å². The zero-order valence-corrected chi connectivity index (χ0v) is 14.4. The molecule has 0 spiro atoms. The molecule has 1 aliphatic rings. The third kappa shape index (κ3) is 4.02. The fourth-order valence-electron chi connectivity index (χ4n) is 2.71. The van der Waals surface area contributed by atoms with Crippen LogP contribution in [0.15, 0.2) is 59.1 Å². The molecule has 4 heteroatoms. The van der Waals surface area contributed by atoms with Crippen LogP contribution >= 0.6 is 15.9 Å². The lowest BCUT2D eigenvalue weighted by Crippen LogP contribution is -2.20. The lowest BCUT2D eigenvalue weighted by Gasteiger charge is -2.20. The van der Waals surface area contributed by atoms with Gasteiger partial charge in [0.25, 0.3) is 0 Å². The molecule has 120 valence electrons. The molecule has 0 amide bonds. The van der Waals surface area contributed by atoms with Gasteiger partial charge in [-0.15, -0.1) is 0 Å². The second-order valence-electron chi connectivity index (χ2n) is 5.54. The molecule has 0 fully saturated rings. The molecule has 1 aliphatic heterocycles. The van der Waals surface area contributed by atoms with Crippen LogP contribution in [0.5, 0.6) is 5.75 Å². The van der Waals surface area contributed by atoms with E-state index in [9.17, 15) is 5.11 Å². The molecule has 0 aromatic heterocycles. The number of rotatable bonds is 5. The zero-order valence-electron chi connectivity index (χ0n) is 12.8. The number of aliphatic hydroxyl groups is 1. The van der Waals surface area contributed by atoms with Gasteiger partial charge in [-0.3, -0.25) is 0 Å². The maximum atomic E-state index is 10.3. The van der Waals surface area contributed by atoms with Crippen LogP contribution in [0.4, 0.5) is 0 Å². The molecule has 1 atom stereocenters. The number of ether oxygens (including phenoxy) is 1. The molecule has 0 saturated heterocycles. The van der Waals surface area contributed by atoms with Crippen molar-refractivity contribution in [2.24, 2.45) is 0 Å². The summed E-state index contributed by atoms with van der Waals surface area (Å²) in [6.07, 6.45) is 2.54. The molecular weight excluding hydrogens is 354 g/mol. The highest BCUT2D eigenvalue weighted by molar-refractivity contribution is 9.10. The molecule has 1 unspecified atom stereocenters. The van der Waals surface area contributed by atoms with Crippen LogP contribution in [0.25, 0.3) is 5.57 Å². The molecule has 2 N–H and O–H groups in total. The van der Waals surface area contributed by atoms with Crippen LogP contribution in [-0.2, 0) is 0 Å². The van der Waals surface area contributed by atoms with E-state index in [-0.39, 0.29) is 6.61 Å². The number of hydrogen-bond donors (Lipinski definition) is 2. The van der Waals surface area contributed by atoms with E-state index in [1.54, 1.807) is 0 Å². The Morgan fingerprint density at radius 2 is 1.96 bits per heavy atom. The lowest BCUT2D eigenvalue weighted by molar-refractivity contribution is 0.107. The minimum absolute atomic E-state index is 0.227. The van der Waals surface area contributed by atoms with Gasteiger partial charge in [0.2, 0.25) is 0 Å². The average molecular weight is 374 g/mol. The summed E-state index contributed by atoms with van der Waals surface area (Å²) >= 11 is 3.57. The fraction of sp³-hybridized carbons (Fsp3) is 0.263. The molecule has 0 bridgehead atoms. The van der Waals surface area contributed by atoms with Crippen molar-refractivity contribution < 1.29 is 9.84 Å². The predicted octanol–water partition coefficient (Wildman–Crippen LogP) is 3.94. The highest BCUT2D eigenvalue weighted by Crippen LogP contribution is 2.36. The van der Waals surface area contributed by atoms with E-state index in [1.165, 1.54) is 5.57 Å². The summed E-state index contributed by atoms with van der Waals surface area (Å²) in [6, 6.07) is 15.6. The first-order valence-electron chi connectivity index (χ1n) is 7.80. The van der Waals surface area contributed by atoms with Gasteiger partial charge in [0.1, 0.15) is 18.5 Å². The molecule has 0 saturated carbocycles. The Hall–Kier alpha value is -1.62. The number of para-hydroxylation sites is 1. The quantitative estimate of drug-likeness (QED) is 0.833. The fourth-order valence-corrected chi connectivity index (χ4v) is 3.19. The summed E-state index contributed by atoms with van der Waals surface area (Å²) in [5.74, 6) is 0.802. The van der Waals surface area contributed by atoms with E-state index in [2.05, 4.69) is 33.4 Å². The number of hydrogen-bond acceptors (Lipinski definition) is 3. The summed E-state index contributed by atoms with van der Waals surface area (Å²) in [6.45, 7) is 2.09. The summed E-state index contributed by atoms with van der Waals surface area (Å²) in [7, 11) is 0. The van der Waals surface area contributed by atoms with Gasteiger partial charge in [-0.1, -0.05) is 48.5 Å². The first-order chi connectivity index (χ1) is 11.3. The van der Waals surface area contributed by atoms with Crippen molar-refractivity contribution in [3.05, 3.63) is 70.2 Å². The predicted molar refractivity (Wildman–Crippen MR) is 96.5 cm³/mol. The van der Waals surface area contributed by atoms with Crippen LogP contribution in [0, 0.1) is 0 Å². The van der Waals surface area contributed by atoms with Gasteiger partial charge in [-0.25, -0.2) is 0 Å². The highest BCUT2D eigenvalue weighted by Gasteiger charge is 2.16. The second kappa shape index (κ2) is 7.77. The maximum absolute atomic E-state index is 10.3. The van der Waals surface area contributed by atoms with E-state index in [1.807, 2.05) is 42.5 Å². The third-order valence-electron chi connectivity index (χ3n) is 3.95. The Kier molecular flexibility index (Phi) is 5.49. The Labute approximate surface area is 145 Å². The molecule has 2 aromatic rings. The third-order valence-corrected chi connectivity index (χ3v) is 4.57. The van der Waals surface area contributed by atoms with Crippen molar-refractivity contribution in [2.45, 2.75) is 12.5 Å². The normalized spacial score (nSPS) is 15.8. The molecule has 2 aromatic carbocycles. The topological polar surface area (TPSA) is 41.5 Å². The monoisotopic (exact) mass is 373 g/mol. The van der Waals surface area contributed by atoms with E-state index in [4.69, 9.17) is 4.74 Å². The van der Waals surface area contributed by atoms with Crippen LogP contribution in [0.1, 0.15) is 23.7 Å². The van der Waals surface area contributed by atoms with Gasteiger partial charge in [0.15, 0.2) is 0 Å². The first-order valence-corrected chi connectivity index (χ1v) is 8.59. The maximum Gasteiger partial charge on any atom is 0.141 e. The second-order valence-corrected chi connectivity index (χ2v) is 6.39. The van der Waals surface area contributed by atoms with Gasteiger partial charge in [0, 0.05) is 12.1 Å². The van der Waals surface area contributed by atoms with Gasteiger partial charge < -0.3 is 15.2 Å². The molecule has 23 heavy (non-hydrogen) atoms. The van der Waals surface area contributed by atoms with Crippen LogP contribution in [0.3, 0.4) is 0 Å². The SMILES string of the molecule is OC(COc1c(Br)cccc1C1=CCNCC1)c1ccccc1. The molecular formula is C19H20BrNO2. The Bertz CT molecular complexity index is 685. The summed E-state index contributed by atoms with van der Waals surface area (Å²) < 4.78 is 6.89. The Morgan fingerprint density at radius 3 is 2.70 bits per heavy atom. The summed E-state index contributed by atoms with van der Waals surface area (Å²) in [5, 5.41) is 13.6. The molecule has 0 radical (unpaired) electrons. The van der Waals surface area contributed by atoms with Gasteiger partial charge >= 0.3 is 0 Å². The number of halogens is 1. The highest BCUT2D eigenvalue weighted by atomic mass is 79.9. The first kappa shape index (κ1) is 16.2. The van der Waals surface area contributed by atoms with Gasteiger partial charge in [-0.05, 0) is 46.1 Å². The standard InChI is InChI=1S/C19H20BrNO2/c20-17-8-4-7-16(14-9-11-21-12-10-14)19(17)23-13-18(22)15-5-2-1-3-6-15/h1-9,18,21-22H,10-13H2. The molecule has 3 rings (SSSR count). The number of nitrogens with one attached hydrogen (secondary N) is 1. The van der Waals surface area contributed by atoms with Gasteiger partial charge in [-0.2, -0.15) is 0 Å². The van der Waals surface area contributed by atoms with Crippen LogP contribution < -0.4 is 10.1 Å². The minimum atomic E-state index is -0.641. The van der Waals surface area contributed by atoms with E-state index < -0.39 is 6.10 Å². The van der Waals surface area contributed by atoms with Crippen molar-refractivity contribution in [1.29, 1.82) is 0 Å². The molecule has 0 aliphatic carbocycles. The largest absolute Gasteiger partial charge is 0.489 e.